The van der Waals surface area contributed by atoms with Crippen molar-refractivity contribution >= 4 is 6.09 Å². The summed E-state index contributed by atoms with van der Waals surface area (Å²) in [4.78, 5) is 14.4. The highest BCUT2D eigenvalue weighted by Gasteiger charge is 2.49. The van der Waals surface area contributed by atoms with Crippen molar-refractivity contribution in [3.05, 3.63) is 65.7 Å². The topological polar surface area (TPSA) is 68.2 Å². The summed E-state index contributed by atoms with van der Waals surface area (Å²) in [6.45, 7) is 0.572. The van der Waals surface area contributed by atoms with Gasteiger partial charge in [0.2, 0.25) is 0 Å². The van der Waals surface area contributed by atoms with Gasteiger partial charge in [-0.2, -0.15) is 0 Å². The molecule has 0 radical (unpaired) electrons. The van der Waals surface area contributed by atoms with Crippen molar-refractivity contribution in [1.29, 1.82) is 0 Å². The molecule has 6 nitrogen and oxygen atoms in total. The maximum absolute atomic E-state index is 12.8. The van der Waals surface area contributed by atoms with Crippen LogP contribution in [0.4, 0.5) is 18.0 Å². The summed E-state index contributed by atoms with van der Waals surface area (Å²) < 4.78 is 53.5. The Balaban J connectivity index is 1.45. The number of benzene rings is 2. The number of rotatable bonds is 5. The van der Waals surface area contributed by atoms with Gasteiger partial charge in [-0.25, -0.2) is 4.79 Å². The number of carbonyl (C=O) groups excluding carboxylic acids is 1. The van der Waals surface area contributed by atoms with Gasteiger partial charge in [0.15, 0.2) is 0 Å². The molecule has 32 heavy (non-hydrogen) atoms. The molecule has 2 aliphatic rings. The lowest BCUT2D eigenvalue weighted by Crippen LogP contribution is -2.64. The SMILES string of the molecule is O=C(OCc1ccccc1)N1C2COCC1CC(O)(Cc1ccccc1OC(F)(F)F)C2. The number of halogens is 3. The molecule has 1 amide bonds. The molecule has 2 aromatic carbocycles. The van der Waals surface area contributed by atoms with Crippen LogP contribution in [0.2, 0.25) is 0 Å². The fraction of sp³-hybridized carbons (Fsp3) is 0.435. The zero-order chi connectivity index (χ0) is 22.8. The van der Waals surface area contributed by atoms with E-state index in [2.05, 4.69) is 4.74 Å². The molecule has 0 spiro atoms. The van der Waals surface area contributed by atoms with Crippen LogP contribution in [0.25, 0.3) is 0 Å². The van der Waals surface area contributed by atoms with Gasteiger partial charge in [-0.1, -0.05) is 48.5 Å². The van der Waals surface area contributed by atoms with Crippen molar-refractivity contribution in [2.24, 2.45) is 0 Å². The van der Waals surface area contributed by atoms with Crippen molar-refractivity contribution in [3.8, 4) is 5.75 Å². The van der Waals surface area contributed by atoms with Crippen LogP contribution >= 0.6 is 0 Å². The molecule has 2 fully saturated rings. The molecule has 1 N–H and O–H groups in total. The molecule has 2 aliphatic heterocycles. The first-order valence-electron chi connectivity index (χ1n) is 10.4. The quantitative estimate of drug-likeness (QED) is 0.743. The Labute approximate surface area is 183 Å². The molecule has 0 aromatic heterocycles. The second kappa shape index (κ2) is 8.99. The van der Waals surface area contributed by atoms with Gasteiger partial charge in [0.1, 0.15) is 12.4 Å². The zero-order valence-electron chi connectivity index (χ0n) is 17.3. The minimum absolute atomic E-state index is 0.0286. The molecular formula is C23H24F3NO5. The van der Waals surface area contributed by atoms with Crippen LogP contribution in [0.5, 0.6) is 5.75 Å². The molecule has 0 saturated carbocycles. The third kappa shape index (κ3) is 5.34. The van der Waals surface area contributed by atoms with Gasteiger partial charge in [0, 0.05) is 6.42 Å². The van der Waals surface area contributed by atoms with Gasteiger partial charge < -0.3 is 19.3 Å². The Kier molecular flexibility index (Phi) is 6.30. The predicted octanol–water partition coefficient (Wildman–Crippen LogP) is 4.06. The lowest BCUT2D eigenvalue weighted by atomic mass is 9.77. The highest BCUT2D eigenvalue weighted by atomic mass is 19.4. The Bertz CT molecular complexity index is 923. The van der Waals surface area contributed by atoms with Gasteiger partial charge in [-0.15, -0.1) is 13.2 Å². The Morgan fingerprint density at radius 3 is 2.34 bits per heavy atom. The minimum Gasteiger partial charge on any atom is -0.445 e. The molecule has 172 valence electrons. The number of aliphatic hydroxyl groups is 1. The molecule has 2 aromatic rings. The van der Waals surface area contributed by atoms with Crippen LogP contribution < -0.4 is 4.74 Å². The van der Waals surface area contributed by atoms with E-state index in [9.17, 15) is 23.1 Å². The van der Waals surface area contributed by atoms with Gasteiger partial charge >= 0.3 is 12.5 Å². The molecular weight excluding hydrogens is 427 g/mol. The Morgan fingerprint density at radius 2 is 1.69 bits per heavy atom. The number of hydrogen-bond donors (Lipinski definition) is 1. The third-order valence-electron chi connectivity index (χ3n) is 5.77. The van der Waals surface area contributed by atoms with Gasteiger partial charge in [0.05, 0.1) is 30.9 Å². The monoisotopic (exact) mass is 451 g/mol. The Morgan fingerprint density at radius 1 is 1.06 bits per heavy atom. The second-order valence-electron chi connectivity index (χ2n) is 8.26. The van der Waals surface area contributed by atoms with E-state index in [1.54, 1.807) is 11.0 Å². The number of nitrogens with zero attached hydrogens (tertiary/aromatic N) is 1. The smallest absolute Gasteiger partial charge is 0.445 e. The van der Waals surface area contributed by atoms with Crippen molar-refractivity contribution in [3.63, 3.8) is 0 Å². The number of amides is 1. The van der Waals surface area contributed by atoms with Gasteiger partial charge in [-0.3, -0.25) is 4.90 Å². The van der Waals surface area contributed by atoms with Gasteiger partial charge in [0.25, 0.3) is 0 Å². The van der Waals surface area contributed by atoms with Crippen LogP contribution in [-0.4, -0.2) is 53.4 Å². The van der Waals surface area contributed by atoms with E-state index in [1.165, 1.54) is 18.2 Å². The maximum atomic E-state index is 12.8. The van der Waals surface area contributed by atoms with E-state index in [1.807, 2.05) is 30.3 Å². The number of morpholine rings is 1. The third-order valence-corrected chi connectivity index (χ3v) is 5.77. The number of carbonyl (C=O) groups is 1. The summed E-state index contributed by atoms with van der Waals surface area (Å²) in [6.07, 6.45) is -5.03. The number of ether oxygens (including phenoxy) is 3. The summed E-state index contributed by atoms with van der Waals surface area (Å²) in [5.41, 5.74) is -0.191. The molecule has 2 heterocycles. The molecule has 2 saturated heterocycles. The number of alkyl halides is 3. The summed E-state index contributed by atoms with van der Waals surface area (Å²) in [5, 5.41) is 11.3. The van der Waals surface area contributed by atoms with E-state index >= 15 is 0 Å². The van der Waals surface area contributed by atoms with Crippen molar-refractivity contribution in [1.82, 2.24) is 4.90 Å². The molecule has 9 heteroatoms. The van der Waals surface area contributed by atoms with Crippen LogP contribution in [0.1, 0.15) is 24.0 Å². The van der Waals surface area contributed by atoms with E-state index in [0.717, 1.165) is 5.56 Å². The van der Waals surface area contributed by atoms with Crippen molar-refractivity contribution in [2.75, 3.05) is 13.2 Å². The first-order valence-corrected chi connectivity index (χ1v) is 10.4. The average Bonchev–Trinajstić information content (AvgIpc) is 2.72. The minimum atomic E-state index is -4.82. The maximum Gasteiger partial charge on any atom is 0.573 e. The van der Waals surface area contributed by atoms with Crippen LogP contribution in [0.3, 0.4) is 0 Å². The largest absolute Gasteiger partial charge is 0.573 e. The Hall–Kier alpha value is -2.78. The molecule has 0 aliphatic carbocycles. The second-order valence-corrected chi connectivity index (χ2v) is 8.26. The normalized spacial score (nSPS) is 25.3. The molecule has 4 rings (SSSR count). The fourth-order valence-corrected chi connectivity index (χ4v) is 4.54. The molecule has 2 unspecified atom stereocenters. The summed E-state index contributed by atoms with van der Waals surface area (Å²) >= 11 is 0. The first kappa shape index (κ1) is 22.4. The molecule has 2 bridgehead atoms. The summed E-state index contributed by atoms with van der Waals surface area (Å²) in [5.74, 6) is -0.334. The zero-order valence-corrected chi connectivity index (χ0v) is 17.3. The van der Waals surface area contributed by atoms with Crippen molar-refractivity contribution in [2.45, 2.75) is 49.9 Å². The molecule has 2 atom stereocenters. The van der Waals surface area contributed by atoms with Crippen LogP contribution in [0.15, 0.2) is 54.6 Å². The average molecular weight is 451 g/mol. The lowest BCUT2D eigenvalue weighted by molar-refractivity contribution is -0.275. The number of piperidine rings is 1. The lowest BCUT2D eigenvalue weighted by Gasteiger charge is -2.51. The number of fused-ring (bicyclic) bond motifs is 2. The predicted molar refractivity (Wildman–Crippen MR) is 108 cm³/mol. The van der Waals surface area contributed by atoms with E-state index in [-0.39, 0.29) is 50.4 Å². The van der Waals surface area contributed by atoms with Crippen LogP contribution in [-0.2, 0) is 22.5 Å². The fourth-order valence-electron chi connectivity index (χ4n) is 4.54. The summed E-state index contributed by atoms with van der Waals surface area (Å²) in [6, 6.07) is 14.2. The highest BCUT2D eigenvalue weighted by Crippen LogP contribution is 2.39. The summed E-state index contributed by atoms with van der Waals surface area (Å²) in [7, 11) is 0. The standard InChI is InChI=1S/C23H24F3NO5/c24-23(25,26)32-20-9-5-4-8-17(20)10-22(29)11-18-14-30-15-19(12-22)27(18)21(28)31-13-16-6-2-1-3-7-16/h1-9,18-19,29H,10-15H2. The van der Waals surface area contributed by atoms with Crippen LogP contribution in [0, 0.1) is 0 Å². The highest BCUT2D eigenvalue weighted by molar-refractivity contribution is 5.69. The van der Waals surface area contributed by atoms with E-state index < -0.39 is 30.1 Å². The van der Waals surface area contributed by atoms with E-state index in [4.69, 9.17) is 9.47 Å². The first-order chi connectivity index (χ1) is 15.2. The van der Waals surface area contributed by atoms with E-state index in [0.29, 0.717) is 0 Å². The van der Waals surface area contributed by atoms with Gasteiger partial charge in [-0.05, 0) is 30.0 Å². The number of hydrogen-bond acceptors (Lipinski definition) is 5. The number of para-hydroxylation sites is 1. The van der Waals surface area contributed by atoms with Crippen molar-refractivity contribution < 1.29 is 37.3 Å².